The maximum absolute atomic E-state index is 5.98. The van der Waals surface area contributed by atoms with Crippen LogP contribution in [0.25, 0.3) is 0 Å². The molecule has 2 aliphatic carbocycles. The smallest absolute Gasteiger partial charge is 0.131 e. The second-order valence-corrected chi connectivity index (χ2v) is 6.42. The van der Waals surface area contributed by atoms with Crippen LogP contribution in [0, 0.1) is 5.41 Å². The highest BCUT2D eigenvalue weighted by molar-refractivity contribution is 6.29. The molecule has 0 aromatic carbocycles. The van der Waals surface area contributed by atoms with Gasteiger partial charge >= 0.3 is 0 Å². The van der Waals surface area contributed by atoms with Crippen LogP contribution in [0.15, 0.2) is 18.3 Å². The summed E-state index contributed by atoms with van der Waals surface area (Å²) in [5, 5.41) is 4.21. The summed E-state index contributed by atoms with van der Waals surface area (Å²) in [6, 6.07) is 4.42. The quantitative estimate of drug-likeness (QED) is 0.842. The number of pyridine rings is 1. The van der Waals surface area contributed by atoms with Crippen LogP contribution in [-0.2, 0) is 4.74 Å². The van der Waals surface area contributed by atoms with Gasteiger partial charge in [-0.1, -0.05) is 30.9 Å². The molecule has 20 heavy (non-hydrogen) atoms. The molecule has 1 aromatic heterocycles. The molecular weight excluding hydrogens is 272 g/mol. The van der Waals surface area contributed by atoms with Gasteiger partial charge in [0.15, 0.2) is 0 Å². The van der Waals surface area contributed by atoms with Gasteiger partial charge in [-0.05, 0) is 38.3 Å². The minimum Gasteiger partial charge on any atom is -0.381 e. The molecule has 1 N–H and O–H groups in total. The normalized spacial score (nSPS) is 28.1. The number of ether oxygens (including phenoxy) is 1. The van der Waals surface area contributed by atoms with Crippen LogP contribution >= 0.6 is 11.6 Å². The van der Waals surface area contributed by atoms with Crippen molar-refractivity contribution in [2.45, 2.75) is 57.6 Å². The SMILES string of the molecule is CCOC1CC(Nc2ccnc(Cl)c2)C12CCCCC2. The van der Waals surface area contributed by atoms with E-state index in [1.807, 2.05) is 12.1 Å². The summed E-state index contributed by atoms with van der Waals surface area (Å²) < 4.78 is 5.98. The van der Waals surface area contributed by atoms with Gasteiger partial charge < -0.3 is 10.1 Å². The van der Waals surface area contributed by atoms with E-state index in [4.69, 9.17) is 16.3 Å². The van der Waals surface area contributed by atoms with Gasteiger partial charge in [0, 0.05) is 29.9 Å². The third kappa shape index (κ3) is 2.53. The van der Waals surface area contributed by atoms with Gasteiger partial charge in [-0.15, -0.1) is 0 Å². The monoisotopic (exact) mass is 294 g/mol. The van der Waals surface area contributed by atoms with E-state index in [9.17, 15) is 0 Å². The van der Waals surface area contributed by atoms with Crippen LogP contribution in [-0.4, -0.2) is 23.7 Å². The molecule has 2 unspecified atom stereocenters. The summed E-state index contributed by atoms with van der Waals surface area (Å²) in [5.74, 6) is 0. The predicted molar refractivity (Wildman–Crippen MR) is 82.2 cm³/mol. The van der Waals surface area contributed by atoms with Crippen LogP contribution < -0.4 is 5.32 Å². The van der Waals surface area contributed by atoms with Crippen LogP contribution in [0.3, 0.4) is 0 Å². The van der Waals surface area contributed by atoms with E-state index in [-0.39, 0.29) is 0 Å². The number of hydrogen-bond acceptors (Lipinski definition) is 3. The predicted octanol–water partition coefficient (Wildman–Crippen LogP) is 4.27. The number of halogens is 1. The van der Waals surface area contributed by atoms with Crippen molar-refractivity contribution < 1.29 is 4.74 Å². The molecule has 1 heterocycles. The Bertz CT molecular complexity index is 460. The Balaban J connectivity index is 1.73. The van der Waals surface area contributed by atoms with Gasteiger partial charge in [0.2, 0.25) is 0 Å². The third-order valence-corrected chi connectivity index (χ3v) is 5.21. The number of nitrogens with one attached hydrogen (secondary N) is 1. The molecule has 1 spiro atoms. The highest BCUT2D eigenvalue weighted by Crippen LogP contribution is 2.54. The molecule has 0 saturated heterocycles. The number of anilines is 1. The van der Waals surface area contributed by atoms with Gasteiger partial charge in [-0.2, -0.15) is 0 Å². The van der Waals surface area contributed by atoms with E-state index >= 15 is 0 Å². The van der Waals surface area contributed by atoms with E-state index in [1.165, 1.54) is 32.1 Å². The largest absolute Gasteiger partial charge is 0.381 e. The van der Waals surface area contributed by atoms with E-state index in [0.29, 0.717) is 22.7 Å². The van der Waals surface area contributed by atoms with Crippen molar-refractivity contribution in [1.82, 2.24) is 4.98 Å². The molecule has 2 saturated carbocycles. The minimum absolute atomic E-state index is 0.337. The molecule has 2 aliphatic rings. The summed E-state index contributed by atoms with van der Waals surface area (Å²) in [4.78, 5) is 4.04. The molecule has 0 bridgehead atoms. The van der Waals surface area contributed by atoms with Crippen molar-refractivity contribution in [3.63, 3.8) is 0 Å². The Morgan fingerprint density at radius 2 is 2.20 bits per heavy atom. The van der Waals surface area contributed by atoms with Crippen LogP contribution in [0.1, 0.15) is 45.4 Å². The maximum atomic E-state index is 5.98. The Morgan fingerprint density at radius 1 is 1.40 bits per heavy atom. The molecule has 1 aromatic rings. The third-order valence-electron chi connectivity index (χ3n) is 5.00. The first-order valence-corrected chi connectivity index (χ1v) is 8.12. The first kappa shape index (κ1) is 14.2. The van der Waals surface area contributed by atoms with Crippen LogP contribution in [0.5, 0.6) is 0 Å². The number of rotatable bonds is 4. The summed E-state index contributed by atoms with van der Waals surface area (Å²) >= 11 is 5.97. The number of aromatic nitrogens is 1. The van der Waals surface area contributed by atoms with Crippen molar-refractivity contribution in [1.29, 1.82) is 0 Å². The van der Waals surface area contributed by atoms with Crippen molar-refractivity contribution in [2.75, 3.05) is 11.9 Å². The standard InChI is InChI=1S/C16H23ClN2O/c1-2-20-14-11-13(16(14)7-4-3-5-8-16)19-12-6-9-18-15(17)10-12/h6,9-10,13-14H,2-5,7-8,11H2,1H3,(H,18,19). The Kier molecular flexibility index (Phi) is 4.18. The van der Waals surface area contributed by atoms with E-state index in [1.54, 1.807) is 6.20 Å². The van der Waals surface area contributed by atoms with Gasteiger partial charge in [0.25, 0.3) is 0 Å². The zero-order valence-corrected chi connectivity index (χ0v) is 12.8. The fourth-order valence-electron chi connectivity index (χ4n) is 3.96. The molecule has 110 valence electrons. The summed E-state index contributed by atoms with van der Waals surface area (Å²) in [6.45, 7) is 2.92. The van der Waals surface area contributed by atoms with E-state index in [2.05, 4.69) is 17.2 Å². The molecule has 2 fully saturated rings. The van der Waals surface area contributed by atoms with Gasteiger partial charge in [0.1, 0.15) is 5.15 Å². The van der Waals surface area contributed by atoms with E-state index < -0.39 is 0 Å². The van der Waals surface area contributed by atoms with Crippen LogP contribution in [0.4, 0.5) is 5.69 Å². The van der Waals surface area contributed by atoms with Gasteiger partial charge in [0.05, 0.1) is 6.10 Å². The Labute approximate surface area is 126 Å². The van der Waals surface area contributed by atoms with Crippen LogP contribution in [0.2, 0.25) is 5.15 Å². The molecule has 3 rings (SSSR count). The zero-order valence-electron chi connectivity index (χ0n) is 12.1. The average molecular weight is 295 g/mol. The topological polar surface area (TPSA) is 34.1 Å². The summed E-state index contributed by atoms with van der Waals surface area (Å²) in [6.07, 6.45) is 9.90. The van der Waals surface area contributed by atoms with Crippen molar-refractivity contribution in [3.8, 4) is 0 Å². The van der Waals surface area contributed by atoms with Crippen molar-refractivity contribution >= 4 is 17.3 Å². The summed E-state index contributed by atoms with van der Waals surface area (Å²) in [5.41, 5.74) is 1.42. The lowest BCUT2D eigenvalue weighted by atomic mass is 9.55. The first-order valence-electron chi connectivity index (χ1n) is 7.74. The second-order valence-electron chi connectivity index (χ2n) is 6.04. The Hall–Kier alpha value is -0.800. The lowest BCUT2D eigenvalue weighted by Gasteiger charge is -2.58. The number of hydrogen-bond donors (Lipinski definition) is 1. The Morgan fingerprint density at radius 3 is 2.90 bits per heavy atom. The highest BCUT2D eigenvalue weighted by atomic mass is 35.5. The minimum atomic E-state index is 0.337. The highest BCUT2D eigenvalue weighted by Gasteiger charge is 2.55. The molecule has 0 aliphatic heterocycles. The molecule has 0 radical (unpaired) electrons. The first-order chi connectivity index (χ1) is 9.74. The van der Waals surface area contributed by atoms with Gasteiger partial charge in [-0.3, -0.25) is 0 Å². The zero-order chi connectivity index (χ0) is 14.0. The lowest BCUT2D eigenvalue weighted by molar-refractivity contribution is -0.134. The maximum Gasteiger partial charge on any atom is 0.131 e. The molecular formula is C16H23ClN2O. The van der Waals surface area contributed by atoms with Crippen molar-refractivity contribution in [2.24, 2.45) is 5.41 Å². The number of nitrogens with zero attached hydrogens (tertiary/aromatic N) is 1. The lowest BCUT2D eigenvalue weighted by Crippen LogP contribution is -2.62. The fourth-order valence-corrected chi connectivity index (χ4v) is 4.13. The molecule has 2 atom stereocenters. The fraction of sp³-hybridized carbons (Fsp3) is 0.688. The summed E-state index contributed by atoms with van der Waals surface area (Å²) in [7, 11) is 0. The molecule has 3 nitrogen and oxygen atoms in total. The van der Waals surface area contributed by atoms with Gasteiger partial charge in [-0.25, -0.2) is 4.98 Å². The van der Waals surface area contributed by atoms with Crippen molar-refractivity contribution in [3.05, 3.63) is 23.5 Å². The average Bonchev–Trinajstić information content (AvgIpc) is 2.47. The van der Waals surface area contributed by atoms with E-state index in [0.717, 1.165) is 18.7 Å². The molecule has 0 amide bonds. The second kappa shape index (κ2) is 5.90. The molecule has 4 heteroatoms.